The molecule has 1 unspecified atom stereocenters. The van der Waals surface area contributed by atoms with Gasteiger partial charge >= 0.3 is 0 Å². The topological polar surface area (TPSA) is 71.4 Å². The van der Waals surface area contributed by atoms with Crippen LogP contribution in [0.1, 0.15) is 18.8 Å². The van der Waals surface area contributed by atoms with Gasteiger partial charge in [0.2, 0.25) is 5.95 Å². The maximum atomic E-state index is 4.07. The van der Waals surface area contributed by atoms with Crippen molar-refractivity contribution in [3.8, 4) is 0 Å². The van der Waals surface area contributed by atoms with Gasteiger partial charge in [-0.3, -0.25) is 0 Å². The molecule has 74 valence electrons. The van der Waals surface area contributed by atoms with Crippen LogP contribution in [0, 0.1) is 0 Å². The first-order valence-electron chi connectivity index (χ1n) is 4.37. The second-order valence-corrected chi connectivity index (χ2v) is 3.10. The number of H-pyrrole nitrogens is 1. The Morgan fingerprint density at radius 1 is 1.57 bits per heavy atom. The van der Waals surface area contributed by atoms with E-state index in [0.29, 0.717) is 0 Å². The van der Waals surface area contributed by atoms with Crippen molar-refractivity contribution < 1.29 is 0 Å². The van der Waals surface area contributed by atoms with Gasteiger partial charge in [-0.05, 0) is 6.92 Å². The minimum atomic E-state index is 0.0775. The first-order valence-corrected chi connectivity index (χ1v) is 4.37. The van der Waals surface area contributed by atoms with E-state index in [-0.39, 0.29) is 6.04 Å². The first kappa shape index (κ1) is 8.74. The number of nitrogens with zero attached hydrogens (tertiary/aromatic N) is 4. The van der Waals surface area contributed by atoms with Gasteiger partial charge in [-0.1, -0.05) is 0 Å². The molecule has 0 saturated carbocycles. The quantitative estimate of drug-likeness (QED) is 0.751. The largest absolute Gasteiger partial charge is 0.346 e. The van der Waals surface area contributed by atoms with Gasteiger partial charge < -0.3 is 14.9 Å². The predicted molar refractivity (Wildman–Crippen MR) is 51.6 cm³/mol. The summed E-state index contributed by atoms with van der Waals surface area (Å²) in [6.07, 6.45) is 5.15. The maximum absolute atomic E-state index is 4.07. The molecule has 2 N–H and O–H groups in total. The lowest BCUT2D eigenvalue weighted by atomic mass is 10.3. The minimum Gasteiger partial charge on any atom is -0.346 e. The number of anilines is 1. The standard InChI is InChI=1S/C8H12N6/c1-6(7-13-11-5-14(7)2)12-8-9-3-4-10-8/h3-6H,1-2H3,(H2,9,10,12). The summed E-state index contributed by atoms with van der Waals surface area (Å²) >= 11 is 0. The van der Waals surface area contributed by atoms with E-state index in [0.717, 1.165) is 11.8 Å². The Kier molecular flexibility index (Phi) is 2.18. The fourth-order valence-corrected chi connectivity index (χ4v) is 1.30. The van der Waals surface area contributed by atoms with E-state index in [1.54, 1.807) is 18.7 Å². The summed E-state index contributed by atoms with van der Waals surface area (Å²) in [6.45, 7) is 2.01. The molecule has 1 atom stereocenters. The lowest BCUT2D eigenvalue weighted by molar-refractivity contribution is 0.714. The summed E-state index contributed by atoms with van der Waals surface area (Å²) in [5.74, 6) is 1.61. The highest BCUT2D eigenvalue weighted by atomic mass is 15.3. The van der Waals surface area contributed by atoms with Gasteiger partial charge in [0.1, 0.15) is 6.33 Å². The monoisotopic (exact) mass is 192 g/mol. The highest BCUT2D eigenvalue weighted by molar-refractivity contribution is 5.26. The number of aryl methyl sites for hydroxylation is 1. The van der Waals surface area contributed by atoms with Crippen LogP contribution >= 0.6 is 0 Å². The molecular formula is C8H12N6. The molecule has 0 spiro atoms. The lowest BCUT2D eigenvalue weighted by Gasteiger charge is -2.11. The Balaban J connectivity index is 2.10. The molecule has 2 aromatic heterocycles. The third-order valence-electron chi connectivity index (χ3n) is 1.99. The van der Waals surface area contributed by atoms with Crippen LogP contribution in [0.3, 0.4) is 0 Å². The molecule has 0 amide bonds. The number of hydrogen-bond donors (Lipinski definition) is 2. The number of nitrogens with one attached hydrogen (secondary N) is 2. The summed E-state index contributed by atoms with van der Waals surface area (Å²) in [7, 11) is 1.91. The summed E-state index contributed by atoms with van der Waals surface area (Å²) in [5.41, 5.74) is 0. The van der Waals surface area contributed by atoms with Crippen LogP contribution in [0.4, 0.5) is 5.95 Å². The molecule has 0 fully saturated rings. The van der Waals surface area contributed by atoms with Crippen molar-refractivity contribution in [2.45, 2.75) is 13.0 Å². The fraction of sp³-hybridized carbons (Fsp3) is 0.375. The van der Waals surface area contributed by atoms with Crippen molar-refractivity contribution in [3.05, 3.63) is 24.5 Å². The average molecular weight is 192 g/mol. The zero-order valence-electron chi connectivity index (χ0n) is 8.10. The van der Waals surface area contributed by atoms with Crippen molar-refractivity contribution >= 4 is 5.95 Å². The van der Waals surface area contributed by atoms with Crippen LogP contribution in [0.25, 0.3) is 0 Å². The normalized spacial score (nSPS) is 12.7. The van der Waals surface area contributed by atoms with Crippen molar-refractivity contribution in [2.24, 2.45) is 7.05 Å². The maximum Gasteiger partial charge on any atom is 0.200 e. The smallest absolute Gasteiger partial charge is 0.200 e. The molecule has 6 heteroatoms. The number of aromatic nitrogens is 5. The van der Waals surface area contributed by atoms with Crippen LogP contribution in [0.2, 0.25) is 0 Å². The molecular weight excluding hydrogens is 180 g/mol. The molecule has 0 aliphatic rings. The van der Waals surface area contributed by atoms with Gasteiger partial charge in [0.15, 0.2) is 5.82 Å². The van der Waals surface area contributed by atoms with E-state index in [2.05, 4.69) is 25.5 Å². The Morgan fingerprint density at radius 3 is 3.00 bits per heavy atom. The lowest BCUT2D eigenvalue weighted by Crippen LogP contribution is -2.12. The molecule has 2 rings (SSSR count). The van der Waals surface area contributed by atoms with Crippen LogP contribution in [-0.4, -0.2) is 24.7 Å². The average Bonchev–Trinajstić information content (AvgIpc) is 2.75. The number of hydrogen-bond acceptors (Lipinski definition) is 4. The molecule has 0 aromatic carbocycles. The van der Waals surface area contributed by atoms with E-state index in [9.17, 15) is 0 Å². The Morgan fingerprint density at radius 2 is 2.43 bits per heavy atom. The van der Waals surface area contributed by atoms with E-state index in [1.807, 2.05) is 18.5 Å². The molecule has 14 heavy (non-hydrogen) atoms. The van der Waals surface area contributed by atoms with Gasteiger partial charge in [0.05, 0.1) is 6.04 Å². The third kappa shape index (κ3) is 1.59. The molecule has 2 aromatic rings. The van der Waals surface area contributed by atoms with E-state index < -0.39 is 0 Å². The molecule has 0 aliphatic heterocycles. The number of imidazole rings is 1. The van der Waals surface area contributed by atoms with Gasteiger partial charge in [-0.15, -0.1) is 10.2 Å². The number of rotatable bonds is 3. The van der Waals surface area contributed by atoms with Crippen molar-refractivity contribution in [2.75, 3.05) is 5.32 Å². The van der Waals surface area contributed by atoms with Gasteiger partial charge in [-0.2, -0.15) is 0 Å². The number of aromatic amines is 1. The second kappa shape index (κ2) is 3.49. The molecule has 6 nitrogen and oxygen atoms in total. The van der Waals surface area contributed by atoms with Gasteiger partial charge in [0.25, 0.3) is 0 Å². The predicted octanol–water partition coefficient (Wildman–Crippen LogP) is 0.711. The summed E-state index contributed by atoms with van der Waals surface area (Å²) in [4.78, 5) is 7.04. The Labute approximate surface area is 81.4 Å². The second-order valence-electron chi connectivity index (χ2n) is 3.10. The van der Waals surface area contributed by atoms with E-state index >= 15 is 0 Å². The van der Waals surface area contributed by atoms with Gasteiger partial charge in [-0.25, -0.2) is 4.98 Å². The van der Waals surface area contributed by atoms with Crippen molar-refractivity contribution in [1.82, 2.24) is 24.7 Å². The first-order chi connectivity index (χ1) is 6.77. The zero-order valence-corrected chi connectivity index (χ0v) is 8.10. The summed E-state index contributed by atoms with van der Waals surface area (Å²) < 4.78 is 1.88. The molecule has 0 saturated heterocycles. The molecule has 0 bridgehead atoms. The third-order valence-corrected chi connectivity index (χ3v) is 1.99. The van der Waals surface area contributed by atoms with Gasteiger partial charge in [0, 0.05) is 19.4 Å². The zero-order chi connectivity index (χ0) is 9.97. The summed E-state index contributed by atoms with van der Waals surface area (Å²) in [5, 5.41) is 11.0. The van der Waals surface area contributed by atoms with Crippen LogP contribution in [0.5, 0.6) is 0 Å². The van der Waals surface area contributed by atoms with Crippen LogP contribution in [-0.2, 0) is 7.05 Å². The molecule has 0 radical (unpaired) electrons. The van der Waals surface area contributed by atoms with E-state index in [1.165, 1.54) is 0 Å². The fourth-order valence-electron chi connectivity index (χ4n) is 1.30. The SMILES string of the molecule is CC(Nc1ncc[nH]1)c1nncn1C. The van der Waals surface area contributed by atoms with Crippen molar-refractivity contribution in [3.63, 3.8) is 0 Å². The van der Waals surface area contributed by atoms with E-state index in [4.69, 9.17) is 0 Å². The highest BCUT2D eigenvalue weighted by Gasteiger charge is 2.11. The highest BCUT2D eigenvalue weighted by Crippen LogP contribution is 2.12. The minimum absolute atomic E-state index is 0.0775. The Bertz CT molecular complexity index is 390. The molecule has 0 aliphatic carbocycles. The Hall–Kier alpha value is -1.85. The molecule has 2 heterocycles. The van der Waals surface area contributed by atoms with Crippen LogP contribution in [0.15, 0.2) is 18.7 Å². The van der Waals surface area contributed by atoms with Crippen molar-refractivity contribution in [1.29, 1.82) is 0 Å². The van der Waals surface area contributed by atoms with Crippen LogP contribution < -0.4 is 5.32 Å². The summed E-state index contributed by atoms with van der Waals surface area (Å²) in [6, 6.07) is 0.0775.